The summed E-state index contributed by atoms with van der Waals surface area (Å²) in [6.45, 7) is 10.9. The molecule has 4 aromatic rings. The first-order valence-corrected chi connectivity index (χ1v) is 14.5. The molecule has 0 saturated carbocycles. The summed E-state index contributed by atoms with van der Waals surface area (Å²) in [5.74, 6) is -0.0204. The molecular formula is C34H39N5O4. The highest BCUT2D eigenvalue weighted by Gasteiger charge is 2.20. The number of aromatic nitrogens is 2. The van der Waals surface area contributed by atoms with Gasteiger partial charge in [0, 0.05) is 48.8 Å². The van der Waals surface area contributed by atoms with E-state index in [9.17, 15) is 14.7 Å². The normalized spacial score (nSPS) is 14.7. The molecule has 9 heteroatoms. The van der Waals surface area contributed by atoms with E-state index in [1.807, 2.05) is 78.6 Å². The number of anilines is 3. The number of morpholine rings is 1. The lowest BCUT2D eigenvalue weighted by molar-refractivity contribution is -0.0603. The molecule has 5 rings (SSSR count). The number of aliphatic hydroxyl groups is 1. The Bertz CT molecular complexity index is 1650. The predicted molar refractivity (Wildman–Crippen MR) is 170 cm³/mol. The number of ether oxygens (including phenoxy) is 1. The van der Waals surface area contributed by atoms with E-state index in [0.717, 1.165) is 22.3 Å². The Hall–Kier alpha value is -4.31. The molecule has 0 aliphatic carbocycles. The number of nitrogens with one attached hydrogen (secondary N) is 2. The van der Waals surface area contributed by atoms with Gasteiger partial charge in [-0.3, -0.25) is 14.5 Å². The Morgan fingerprint density at radius 2 is 1.67 bits per heavy atom. The lowest BCUT2D eigenvalue weighted by Crippen LogP contribution is -2.38. The Kier molecular flexibility index (Phi) is 8.77. The molecule has 1 saturated heterocycles. The molecule has 3 N–H and O–H groups in total. The highest BCUT2D eigenvalue weighted by atomic mass is 16.5. The fourth-order valence-corrected chi connectivity index (χ4v) is 5.09. The first-order chi connectivity index (χ1) is 20.5. The molecule has 0 bridgehead atoms. The van der Waals surface area contributed by atoms with Crippen molar-refractivity contribution in [1.29, 1.82) is 0 Å². The molecule has 1 aliphatic rings. The maximum atomic E-state index is 13.1. The Labute approximate surface area is 252 Å². The van der Waals surface area contributed by atoms with E-state index in [4.69, 9.17) is 4.74 Å². The van der Waals surface area contributed by atoms with Gasteiger partial charge >= 0.3 is 0 Å². The van der Waals surface area contributed by atoms with Gasteiger partial charge in [-0.1, -0.05) is 57.2 Å². The SMILES string of the molecule is Cc1c(NC(=O)c2ccc(C(C)(C)C)cc2)cccc1-c1cn(C)c(=O)c(Nc2ccc(C(O)N3CCOCC3)cc2)n1. The summed E-state index contributed by atoms with van der Waals surface area (Å²) in [5, 5.41) is 16.9. The van der Waals surface area contributed by atoms with Crippen molar-refractivity contribution in [3.63, 3.8) is 0 Å². The minimum Gasteiger partial charge on any atom is -0.379 e. The first-order valence-electron chi connectivity index (χ1n) is 14.5. The quantitative estimate of drug-likeness (QED) is 0.269. The average molecular weight is 582 g/mol. The largest absolute Gasteiger partial charge is 0.379 e. The smallest absolute Gasteiger partial charge is 0.293 e. The third kappa shape index (κ3) is 6.85. The minimum atomic E-state index is -0.717. The summed E-state index contributed by atoms with van der Waals surface area (Å²) in [7, 11) is 1.68. The van der Waals surface area contributed by atoms with Crippen LogP contribution < -0.4 is 16.2 Å². The molecule has 0 radical (unpaired) electrons. The second kappa shape index (κ2) is 12.5. The molecule has 1 aliphatic heterocycles. The molecule has 224 valence electrons. The maximum absolute atomic E-state index is 13.1. The number of rotatable bonds is 7. The molecule has 9 nitrogen and oxygen atoms in total. The van der Waals surface area contributed by atoms with Crippen LogP contribution in [0.3, 0.4) is 0 Å². The Morgan fingerprint density at radius 1 is 1.00 bits per heavy atom. The summed E-state index contributed by atoms with van der Waals surface area (Å²) in [6.07, 6.45) is 0.972. The zero-order valence-electron chi connectivity index (χ0n) is 25.3. The third-order valence-corrected chi connectivity index (χ3v) is 7.81. The number of benzene rings is 3. The average Bonchev–Trinajstić information content (AvgIpc) is 3.00. The summed E-state index contributed by atoms with van der Waals surface area (Å²) in [6, 6.07) is 20.6. The van der Waals surface area contributed by atoms with Crippen molar-refractivity contribution in [2.75, 3.05) is 36.9 Å². The summed E-state index contributed by atoms with van der Waals surface area (Å²) < 4.78 is 6.86. The van der Waals surface area contributed by atoms with Crippen LogP contribution in [0, 0.1) is 6.92 Å². The van der Waals surface area contributed by atoms with Crippen molar-refractivity contribution in [3.05, 3.63) is 106 Å². The van der Waals surface area contributed by atoms with Gasteiger partial charge < -0.3 is 25.0 Å². The third-order valence-electron chi connectivity index (χ3n) is 7.81. The van der Waals surface area contributed by atoms with E-state index in [1.54, 1.807) is 13.2 Å². The molecule has 1 aromatic heterocycles. The monoisotopic (exact) mass is 581 g/mol. The lowest BCUT2D eigenvalue weighted by atomic mass is 9.86. The predicted octanol–water partition coefficient (Wildman–Crippen LogP) is 5.37. The van der Waals surface area contributed by atoms with Gasteiger partial charge in [0.05, 0.1) is 18.9 Å². The van der Waals surface area contributed by atoms with Crippen LogP contribution in [0.4, 0.5) is 17.2 Å². The van der Waals surface area contributed by atoms with Crippen LogP contribution in [0.5, 0.6) is 0 Å². The number of carbonyl (C=O) groups is 1. The number of nitrogens with zero attached hydrogens (tertiary/aromatic N) is 3. The number of aryl methyl sites for hydroxylation is 1. The van der Waals surface area contributed by atoms with Crippen molar-refractivity contribution in [2.45, 2.75) is 39.3 Å². The highest BCUT2D eigenvalue weighted by molar-refractivity contribution is 6.05. The van der Waals surface area contributed by atoms with Crippen LogP contribution in [-0.2, 0) is 17.2 Å². The molecule has 43 heavy (non-hydrogen) atoms. The van der Waals surface area contributed by atoms with Crippen LogP contribution >= 0.6 is 0 Å². The molecular weight excluding hydrogens is 542 g/mol. The van der Waals surface area contributed by atoms with E-state index in [0.29, 0.717) is 48.9 Å². The molecule has 1 fully saturated rings. The highest BCUT2D eigenvalue weighted by Crippen LogP contribution is 2.29. The second-order valence-electron chi connectivity index (χ2n) is 11.9. The standard InChI is InChI=1S/C34H39N5O4/c1-22-27(7-6-8-28(22)37-31(40)23-9-13-25(14-10-23)34(2,3)4)29-21-38(5)33(42)30(36-29)35-26-15-11-24(12-16-26)32(41)39-17-19-43-20-18-39/h6-16,21,32,41H,17-20H2,1-5H3,(H,35,36)(H,37,40). The number of amides is 1. The van der Waals surface area contributed by atoms with Crippen molar-refractivity contribution >= 4 is 23.1 Å². The van der Waals surface area contributed by atoms with Gasteiger partial charge in [0.1, 0.15) is 6.23 Å². The number of aliphatic hydroxyl groups excluding tert-OH is 1. The van der Waals surface area contributed by atoms with Crippen LogP contribution in [0.1, 0.15) is 54.0 Å². The van der Waals surface area contributed by atoms with E-state index in [1.165, 1.54) is 4.57 Å². The van der Waals surface area contributed by atoms with Gasteiger partial charge in [-0.25, -0.2) is 4.98 Å². The van der Waals surface area contributed by atoms with Gasteiger partial charge in [0.25, 0.3) is 11.5 Å². The fourth-order valence-electron chi connectivity index (χ4n) is 5.09. The van der Waals surface area contributed by atoms with Crippen molar-refractivity contribution in [2.24, 2.45) is 7.05 Å². The lowest BCUT2D eigenvalue weighted by Gasteiger charge is -2.31. The zero-order chi connectivity index (χ0) is 30.7. The number of carbonyl (C=O) groups excluding carboxylic acids is 1. The molecule has 2 heterocycles. The molecule has 3 aromatic carbocycles. The molecule has 1 unspecified atom stereocenters. The summed E-state index contributed by atoms with van der Waals surface area (Å²) in [4.78, 5) is 32.7. The Morgan fingerprint density at radius 3 is 2.33 bits per heavy atom. The fraction of sp³-hybridized carbons (Fsp3) is 0.324. The van der Waals surface area contributed by atoms with Crippen molar-refractivity contribution in [3.8, 4) is 11.3 Å². The Balaban J connectivity index is 1.35. The van der Waals surface area contributed by atoms with E-state index < -0.39 is 6.23 Å². The van der Waals surface area contributed by atoms with E-state index in [-0.39, 0.29) is 22.7 Å². The van der Waals surface area contributed by atoms with Gasteiger partial charge in [-0.15, -0.1) is 0 Å². The molecule has 1 amide bonds. The minimum absolute atomic E-state index is 0.00536. The van der Waals surface area contributed by atoms with Crippen molar-refractivity contribution in [1.82, 2.24) is 14.5 Å². The first kappa shape index (κ1) is 30.2. The van der Waals surface area contributed by atoms with Crippen LogP contribution in [-0.4, -0.2) is 51.8 Å². The van der Waals surface area contributed by atoms with E-state index in [2.05, 4.69) is 36.4 Å². The van der Waals surface area contributed by atoms with Crippen LogP contribution in [0.15, 0.2) is 77.7 Å². The second-order valence-corrected chi connectivity index (χ2v) is 11.9. The molecule has 1 atom stereocenters. The van der Waals surface area contributed by atoms with E-state index >= 15 is 0 Å². The van der Waals surface area contributed by atoms with Gasteiger partial charge in [-0.05, 0) is 59.4 Å². The topological polar surface area (TPSA) is 109 Å². The van der Waals surface area contributed by atoms with Gasteiger partial charge in [-0.2, -0.15) is 0 Å². The van der Waals surface area contributed by atoms with Gasteiger partial charge in [0.2, 0.25) is 0 Å². The van der Waals surface area contributed by atoms with Crippen molar-refractivity contribution < 1.29 is 14.6 Å². The van der Waals surface area contributed by atoms with Crippen LogP contribution in [0.25, 0.3) is 11.3 Å². The number of hydrogen-bond donors (Lipinski definition) is 3. The number of hydrogen-bond acceptors (Lipinski definition) is 7. The summed E-state index contributed by atoms with van der Waals surface area (Å²) in [5.41, 5.74) is 5.80. The zero-order valence-corrected chi connectivity index (χ0v) is 25.3. The molecule has 0 spiro atoms. The van der Waals surface area contributed by atoms with Gasteiger partial charge in [0.15, 0.2) is 5.82 Å². The maximum Gasteiger partial charge on any atom is 0.293 e. The summed E-state index contributed by atoms with van der Waals surface area (Å²) >= 11 is 0. The van der Waals surface area contributed by atoms with Crippen LogP contribution in [0.2, 0.25) is 0 Å².